The Bertz CT molecular complexity index is 586. The van der Waals surface area contributed by atoms with Crippen molar-refractivity contribution >= 4 is 17.4 Å². The van der Waals surface area contributed by atoms with Gasteiger partial charge in [0.1, 0.15) is 0 Å². The third-order valence-corrected chi connectivity index (χ3v) is 4.70. The lowest BCUT2D eigenvalue weighted by Gasteiger charge is -2.27. The largest absolute Gasteiger partial charge is 0.396 e. The van der Waals surface area contributed by atoms with E-state index < -0.39 is 0 Å². The van der Waals surface area contributed by atoms with Gasteiger partial charge in [-0.2, -0.15) is 0 Å². The SMILES string of the molecule is C[C@@](CO)(CNC(=O)NCCc1cccs1)Cc1ccccc1. The Kier molecular flexibility index (Phi) is 6.62. The summed E-state index contributed by atoms with van der Waals surface area (Å²) in [6.45, 7) is 3.05. The number of aliphatic hydroxyl groups is 1. The predicted octanol–water partition coefficient (Wildman–Crippen LogP) is 2.83. The maximum atomic E-state index is 11.9. The van der Waals surface area contributed by atoms with Gasteiger partial charge in [0.15, 0.2) is 0 Å². The zero-order valence-electron chi connectivity index (χ0n) is 13.4. The first-order valence-electron chi connectivity index (χ1n) is 7.80. The molecule has 1 atom stereocenters. The molecule has 1 heterocycles. The van der Waals surface area contributed by atoms with Crippen LogP contribution in [0.5, 0.6) is 0 Å². The molecule has 23 heavy (non-hydrogen) atoms. The van der Waals surface area contributed by atoms with Crippen LogP contribution in [0.3, 0.4) is 0 Å². The topological polar surface area (TPSA) is 61.4 Å². The summed E-state index contributed by atoms with van der Waals surface area (Å²) in [5.41, 5.74) is 0.788. The summed E-state index contributed by atoms with van der Waals surface area (Å²) in [5, 5.41) is 17.4. The molecule has 0 bridgehead atoms. The molecule has 0 spiro atoms. The summed E-state index contributed by atoms with van der Waals surface area (Å²) in [4.78, 5) is 13.1. The van der Waals surface area contributed by atoms with Gasteiger partial charge < -0.3 is 15.7 Å². The number of nitrogens with one attached hydrogen (secondary N) is 2. The van der Waals surface area contributed by atoms with Crippen molar-refractivity contribution in [2.24, 2.45) is 5.41 Å². The van der Waals surface area contributed by atoms with Crippen molar-refractivity contribution in [2.75, 3.05) is 19.7 Å². The van der Waals surface area contributed by atoms with E-state index in [4.69, 9.17) is 0 Å². The van der Waals surface area contributed by atoms with Gasteiger partial charge in [0.2, 0.25) is 0 Å². The fourth-order valence-corrected chi connectivity index (χ4v) is 3.08. The molecule has 4 nitrogen and oxygen atoms in total. The normalized spacial score (nSPS) is 13.3. The number of benzene rings is 1. The molecule has 0 fully saturated rings. The van der Waals surface area contributed by atoms with E-state index in [2.05, 4.69) is 16.7 Å². The van der Waals surface area contributed by atoms with Crippen LogP contribution in [0.1, 0.15) is 17.4 Å². The average Bonchev–Trinajstić information content (AvgIpc) is 3.07. The van der Waals surface area contributed by atoms with E-state index in [0.717, 1.165) is 18.4 Å². The summed E-state index contributed by atoms with van der Waals surface area (Å²) in [6, 6.07) is 13.9. The number of thiophene rings is 1. The summed E-state index contributed by atoms with van der Waals surface area (Å²) < 4.78 is 0. The highest BCUT2D eigenvalue weighted by Crippen LogP contribution is 2.21. The second-order valence-electron chi connectivity index (χ2n) is 6.07. The number of carbonyl (C=O) groups is 1. The van der Waals surface area contributed by atoms with Gasteiger partial charge in [-0.3, -0.25) is 0 Å². The summed E-state index contributed by atoms with van der Waals surface area (Å²) in [6.07, 6.45) is 1.56. The molecule has 0 aliphatic carbocycles. The van der Waals surface area contributed by atoms with Crippen LogP contribution in [0.25, 0.3) is 0 Å². The molecule has 0 saturated heterocycles. The first-order chi connectivity index (χ1) is 11.1. The fourth-order valence-electron chi connectivity index (χ4n) is 2.37. The van der Waals surface area contributed by atoms with Gasteiger partial charge in [0, 0.05) is 23.4 Å². The Labute approximate surface area is 141 Å². The molecule has 2 amide bonds. The van der Waals surface area contributed by atoms with E-state index in [1.54, 1.807) is 11.3 Å². The summed E-state index contributed by atoms with van der Waals surface area (Å²) in [5.74, 6) is 0. The Hall–Kier alpha value is -1.85. The van der Waals surface area contributed by atoms with Crippen LogP contribution < -0.4 is 10.6 Å². The van der Waals surface area contributed by atoms with Crippen molar-refractivity contribution in [3.05, 3.63) is 58.3 Å². The van der Waals surface area contributed by atoms with Gasteiger partial charge in [-0.1, -0.05) is 43.3 Å². The Morgan fingerprint density at radius 3 is 2.61 bits per heavy atom. The molecule has 1 aromatic heterocycles. The maximum absolute atomic E-state index is 11.9. The first-order valence-corrected chi connectivity index (χ1v) is 8.68. The van der Waals surface area contributed by atoms with E-state index in [0.29, 0.717) is 13.1 Å². The molecule has 5 heteroatoms. The second kappa shape index (κ2) is 8.70. The average molecular weight is 332 g/mol. The molecule has 1 aromatic carbocycles. The lowest BCUT2D eigenvalue weighted by atomic mass is 9.84. The van der Waals surface area contributed by atoms with E-state index >= 15 is 0 Å². The van der Waals surface area contributed by atoms with Crippen molar-refractivity contribution in [3.8, 4) is 0 Å². The lowest BCUT2D eigenvalue weighted by Crippen LogP contribution is -2.44. The van der Waals surface area contributed by atoms with E-state index in [1.807, 2.05) is 48.7 Å². The molecular weight excluding hydrogens is 308 g/mol. The zero-order valence-corrected chi connectivity index (χ0v) is 14.2. The standard InChI is InChI=1S/C18H24N2O2S/c1-18(14-21,12-15-6-3-2-4-7-15)13-20-17(22)19-10-9-16-8-5-11-23-16/h2-8,11,21H,9-10,12-14H2,1H3,(H2,19,20,22)/t18-/m0/s1. The van der Waals surface area contributed by atoms with Crippen LogP contribution in [0.4, 0.5) is 4.79 Å². The van der Waals surface area contributed by atoms with Crippen LogP contribution in [0, 0.1) is 5.41 Å². The molecule has 2 aromatic rings. The molecule has 0 aliphatic rings. The first kappa shape index (κ1) is 17.5. The highest BCUT2D eigenvalue weighted by molar-refractivity contribution is 7.09. The Balaban J connectivity index is 1.74. The number of rotatable bonds is 8. The van der Waals surface area contributed by atoms with Gasteiger partial charge >= 0.3 is 6.03 Å². The number of hydrogen-bond acceptors (Lipinski definition) is 3. The summed E-state index contributed by atoms with van der Waals surface area (Å²) >= 11 is 1.69. The highest BCUT2D eigenvalue weighted by Gasteiger charge is 2.24. The number of hydrogen-bond donors (Lipinski definition) is 3. The fraction of sp³-hybridized carbons (Fsp3) is 0.389. The van der Waals surface area contributed by atoms with Gasteiger partial charge in [-0.25, -0.2) is 4.79 Å². The van der Waals surface area contributed by atoms with Crippen LogP contribution >= 0.6 is 11.3 Å². The van der Waals surface area contributed by atoms with Gasteiger partial charge in [-0.05, 0) is 29.9 Å². The molecule has 0 aliphatic heterocycles. The number of carbonyl (C=O) groups excluding carboxylic acids is 1. The molecular formula is C18H24N2O2S. The van der Waals surface area contributed by atoms with Crippen molar-refractivity contribution < 1.29 is 9.90 Å². The third-order valence-electron chi connectivity index (χ3n) is 3.77. The third kappa shape index (κ3) is 6.04. The van der Waals surface area contributed by atoms with Crippen LogP contribution in [-0.2, 0) is 12.8 Å². The van der Waals surface area contributed by atoms with Gasteiger partial charge in [0.25, 0.3) is 0 Å². The van der Waals surface area contributed by atoms with Gasteiger partial charge in [0.05, 0.1) is 6.61 Å². The number of urea groups is 1. The molecule has 2 rings (SSSR count). The Morgan fingerprint density at radius 1 is 1.17 bits per heavy atom. The summed E-state index contributed by atoms with van der Waals surface area (Å²) in [7, 11) is 0. The van der Waals surface area contributed by atoms with E-state index in [1.165, 1.54) is 4.88 Å². The molecule has 0 saturated carbocycles. The predicted molar refractivity (Wildman–Crippen MR) is 94.8 cm³/mol. The molecule has 3 N–H and O–H groups in total. The van der Waals surface area contributed by atoms with Gasteiger partial charge in [-0.15, -0.1) is 11.3 Å². The van der Waals surface area contributed by atoms with Crippen LogP contribution in [-0.4, -0.2) is 30.8 Å². The number of amides is 2. The minimum absolute atomic E-state index is 0.0252. The second-order valence-corrected chi connectivity index (χ2v) is 7.10. The molecule has 0 radical (unpaired) electrons. The molecule has 124 valence electrons. The van der Waals surface area contributed by atoms with Crippen LogP contribution in [0.15, 0.2) is 47.8 Å². The van der Waals surface area contributed by atoms with E-state index in [-0.39, 0.29) is 18.1 Å². The Morgan fingerprint density at radius 2 is 1.96 bits per heavy atom. The van der Waals surface area contributed by atoms with Crippen molar-refractivity contribution in [3.63, 3.8) is 0 Å². The van der Waals surface area contributed by atoms with Crippen molar-refractivity contribution in [1.82, 2.24) is 10.6 Å². The monoisotopic (exact) mass is 332 g/mol. The maximum Gasteiger partial charge on any atom is 0.314 e. The van der Waals surface area contributed by atoms with Crippen molar-refractivity contribution in [2.45, 2.75) is 19.8 Å². The minimum Gasteiger partial charge on any atom is -0.396 e. The lowest BCUT2D eigenvalue weighted by molar-refractivity contribution is 0.140. The quantitative estimate of drug-likeness (QED) is 0.696. The minimum atomic E-state index is -0.369. The highest BCUT2D eigenvalue weighted by atomic mass is 32.1. The smallest absolute Gasteiger partial charge is 0.314 e. The van der Waals surface area contributed by atoms with Crippen molar-refractivity contribution in [1.29, 1.82) is 0 Å². The van der Waals surface area contributed by atoms with Crippen LogP contribution in [0.2, 0.25) is 0 Å². The zero-order chi connectivity index (χ0) is 16.5. The molecule has 0 unspecified atom stereocenters. The van der Waals surface area contributed by atoms with E-state index in [9.17, 15) is 9.90 Å². The number of aliphatic hydroxyl groups excluding tert-OH is 1.